The quantitative estimate of drug-likeness (QED) is 0.788. The minimum Gasteiger partial charge on any atom is -0.399 e. The lowest BCUT2D eigenvalue weighted by molar-refractivity contribution is 0.0881. The van der Waals surface area contributed by atoms with E-state index in [1.807, 2.05) is 0 Å². The van der Waals surface area contributed by atoms with E-state index in [-0.39, 0.29) is 5.91 Å². The smallest absolute Gasteiger partial charge is 0.254 e. The van der Waals surface area contributed by atoms with Crippen LogP contribution in [0.2, 0.25) is 5.02 Å². The molecule has 4 nitrogen and oxygen atoms in total. The zero-order valence-electron chi connectivity index (χ0n) is 9.16. The van der Waals surface area contributed by atoms with Crippen molar-refractivity contribution in [2.24, 2.45) is 0 Å². The summed E-state index contributed by atoms with van der Waals surface area (Å²) in [5.41, 5.74) is 5.67. The summed E-state index contributed by atoms with van der Waals surface area (Å²) in [6, 6.07) is 6.86. The summed E-state index contributed by atoms with van der Waals surface area (Å²) in [5, 5.41) is 12.1. The van der Waals surface area contributed by atoms with Crippen molar-refractivity contribution < 1.29 is 4.79 Å². The second-order valence-electron chi connectivity index (χ2n) is 4.24. The number of rotatable bonds is 2. The lowest BCUT2D eigenvalue weighted by Crippen LogP contribution is -2.52. The molecule has 0 atom stereocenters. The Morgan fingerprint density at radius 2 is 2.24 bits per heavy atom. The number of hydrogen-bond acceptors (Lipinski definition) is 3. The van der Waals surface area contributed by atoms with Gasteiger partial charge in [0.1, 0.15) is 5.54 Å². The van der Waals surface area contributed by atoms with Crippen molar-refractivity contribution in [2.75, 3.05) is 5.73 Å². The van der Waals surface area contributed by atoms with Crippen molar-refractivity contribution >= 4 is 23.2 Å². The Balaban J connectivity index is 2.20. The van der Waals surface area contributed by atoms with Gasteiger partial charge in [-0.15, -0.1) is 0 Å². The summed E-state index contributed by atoms with van der Waals surface area (Å²) in [4.78, 5) is 12.0. The second kappa shape index (κ2) is 4.27. The van der Waals surface area contributed by atoms with Gasteiger partial charge in [-0.2, -0.15) is 5.26 Å². The zero-order valence-corrected chi connectivity index (χ0v) is 9.92. The molecule has 0 aliphatic heterocycles. The highest BCUT2D eigenvalue weighted by atomic mass is 35.5. The van der Waals surface area contributed by atoms with E-state index in [1.54, 1.807) is 12.1 Å². The average Bonchev–Trinajstić information content (AvgIpc) is 2.26. The maximum absolute atomic E-state index is 12.0. The highest BCUT2D eigenvalue weighted by Gasteiger charge is 2.39. The molecular formula is C12H12ClN3O. The molecule has 0 unspecified atom stereocenters. The van der Waals surface area contributed by atoms with Gasteiger partial charge < -0.3 is 11.1 Å². The molecule has 5 heteroatoms. The Bertz CT molecular complexity index is 503. The van der Waals surface area contributed by atoms with Crippen molar-refractivity contribution in [1.82, 2.24) is 5.32 Å². The third kappa shape index (κ3) is 2.20. The molecule has 0 spiro atoms. The average molecular weight is 250 g/mol. The molecule has 17 heavy (non-hydrogen) atoms. The Morgan fingerprint density at radius 1 is 1.53 bits per heavy atom. The summed E-state index contributed by atoms with van der Waals surface area (Å²) >= 11 is 5.93. The Labute approximate surface area is 104 Å². The standard InChI is InChI=1S/C12H12ClN3O/c13-10-3-2-8(15)6-9(10)11(17)16-12(7-14)4-1-5-12/h2-3,6H,1,4-5,15H2,(H,16,17). The SMILES string of the molecule is N#CC1(NC(=O)c2cc(N)ccc2Cl)CCC1. The number of amides is 1. The second-order valence-corrected chi connectivity index (χ2v) is 4.65. The Kier molecular flexibility index (Phi) is 2.95. The zero-order chi connectivity index (χ0) is 12.5. The van der Waals surface area contributed by atoms with E-state index in [2.05, 4.69) is 11.4 Å². The predicted octanol–water partition coefficient (Wildman–Crippen LogP) is 2.10. The number of nitriles is 1. The van der Waals surface area contributed by atoms with E-state index >= 15 is 0 Å². The van der Waals surface area contributed by atoms with Crippen molar-refractivity contribution in [3.8, 4) is 6.07 Å². The number of nitrogens with one attached hydrogen (secondary N) is 1. The van der Waals surface area contributed by atoms with Crippen LogP contribution in [0.4, 0.5) is 5.69 Å². The predicted molar refractivity (Wildman–Crippen MR) is 65.5 cm³/mol. The van der Waals surface area contributed by atoms with Crippen LogP contribution < -0.4 is 11.1 Å². The minimum absolute atomic E-state index is 0.313. The number of nitrogens with zero attached hydrogens (tertiary/aromatic N) is 1. The molecule has 3 N–H and O–H groups in total. The fraction of sp³-hybridized carbons (Fsp3) is 0.333. The number of hydrogen-bond donors (Lipinski definition) is 2. The van der Waals surface area contributed by atoms with Crippen LogP contribution in [0.1, 0.15) is 29.6 Å². The van der Waals surface area contributed by atoms with Crippen molar-refractivity contribution in [2.45, 2.75) is 24.8 Å². The van der Waals surface area contributed by atoms with Gasteiger partial charge in [0.15, 0.2) is 0 Å². The minimum atomic E-state index is -0.717. The van der Waals surface area contributed by atoms with Crippen LogP contribution in [0.3, 0.4) is 0 Å². The van der Waals surface area contributed by atoms with Gasteiger partial charge >= 0.3 is 0 Å². The first-order valence-electron chi connectivity index (χ1n) is 5.35. The number of anilines is 1. The molecule has 1 aliphatic rings. The highest BCUT2D eigenvalue weighted by molar-refractivity contribution is 6.34. The number of nitrogen functional groups attached to an aromatic ring is 1. The topological polar surface area (TPSA) is 78.9 Å². The van der Waals surface area contributed by atoms with Gasteiger partial charge in [0.05, 0.1) is 16.7 Å². The van der Waals surface area contributed by atoms with Crippen LogP contribution in [0, 0.1) is 11.3 Å². The summed E-state index contributed by atoms with van der Waals surface area (Å²) in [5.74, 6) is -0.344. The molecule has 1 fully saturated rings. The number of benzene rings is 1. The van der Waals surface area contributed by atoms with E-state index in [0.29, 0.717) is 29.1 Å². The lowest BCUT2D eigenvalue weighted by Gasteiger charge is -2.35. The molecule has 0 saturated heterocycles. The molecule has 1 aliphatic carbocycles. The van der Waals surface area contributed by atoms with E-state index in [4.69, 9.17) is 22.6 Å². The van der Waals surface area contributed by atoms with Gasteiger partial charge in [-0.1, -0.05) is 11.6 Å². The molecular weight excluding hydrogens is 238 g/mol. The molecule has 0 heterocycles. The number of nitrogens with two attached hydrogens (primary N) is 1. The number of carbonyl (C=O) groups is 1. The molecule has 2 rings (SSSR count). The Hall–Kier alpha value is -1.73. The molecule has 1 saturated carbocycles. The third-order valence-corrected chi connectivity index (χ3v) is 3.34. The molecule has 1 aromatic carbocycles. The van der Waals surface area contributed by atoms with Crippen LogP contribution in [-0.4, -0.2) is 11.4 Å². The number of halogens is 1. The van der Waals surface area contributed by atoms with Crippen molar-refractivity contribution in [1.29, 1.82) is 5.26 Å². The van der Waals surface area contributed by atoms with Gasteiger partial charge in [-0.25, -0.2) is 0 Å². The van der Waals surface area contributed by atoms with Crippen molar-refractivity contribution in [3.05, 3.63) is 28.8 Å². The highest BCUT2D eigenvalue weighted by Crippen LogP contribution is 2.31. The first-order valence-corrected chi connectivity index (χ1v) is 5.73. The van der Waals surface area contributed by atoms with Crippen LogP contribution >= 0.6 is 11.6 Å². The van der Waals surface area contributed by atoms with E-state index < -0.39 is 5.54 Å². The maximum atomic E-state index is 12.0. The maximum Gasteiger partial charge on any atom is 0.254 e. The first kappa shape index (κ1) is 11.7. The molecule has 88 valence electrons. The largest absolute Gasteiger partial charge is 0.399 e. The van der Waals surface area contributed by atoms with Gasteiger partial charge in [-0.3, -0.25) is 4.79 Å². The molecule has 0 aromatic heterocycles. The van der Waals surface area contributed by atoms with Crippen LogP contribution in [0.25, 0.3) is 0 Å². The normalized spacial score (nSPS) is 16.7. The summed E-state index contributed by atoms with van der Waals surface area (Å²) in [6.07, 6.45) is 2.34. The van der Waals surface area contributed by atoms with Crippen LogP contribution in [-0.2, 0) is 0 Å². The van der Waals surface area contributed by atoms with Crippen LogP contribution in [0.15, 0.2) is 18.2 Å². The van der Waals surface area contributed by atoms with Gasteiger partial charge in [-0.05, 0) is 37.5 Å². The lowest BCUT2D eigenvalue weighted by atomic mass is 9.78. The molecule has 1 amide bonds. The van der Waals surface area contributed by atoms with Gasteiger partial charge in [0, 0.05) is 5.69 Å². The van der Waals surface area contributed by atoms with E-state index in [1.165, 1.54) is 6.07 Å². The fourth-order valence-corrected chi connectivity index (χ4v) is 2.00. The fourth-order valence-electron chi connectivity index (χ4n) is 1.80. The monoisotopic (exact) mass is 249 g/mol. The van der Waals surface area contributed by atoms with Gasteiger partial charge in [0.25, 0.3) is 5.91 Å². The molecule has 1 aromatic rings. The van der Waals surface area contributed by atoms with E-state index in [9.17, 15) is 4.79 Å². The first-order chi connectivity index (χ1) is 8.06. The van der Waals surface area contributed by atoms with Crippen LogP contribution in [0.5, 0.6) is 0 Å². The molecule has 0 bridgehead atoms. The summed E-state index contributed by atoms with van der Waals surface area (Å²) in [7, 11) is 0. The van der Waals surface area contributed by atoms with E-state index in [0.717, 1.165) is 6.42 Å². The third-order valence-electron chi connectivity index (χ3n) is 3.01. The van der Waals surface area contributed by atoms with Gasteiger partial charge in [0.2, 0.25) is 0 Å². The van der Waals surface area contributed by atoms with Crippen molar-refractivity contribution in [3.63, 3.8) is 0 Å². The Morgan fingerprint density at radius 3 is 2.76 bits per heavy atom. The number of carbonyl (C=O) groups excluding carboxylic acids is 1. The summed E-state index contributed by atoms with van der Waals surface area (Å²) in [6.45, 7) is 0. The summed E-state index contributed by atoms with van der Waals surface area (Å²) < 4.78 is 0. The molecule has 0 radical (unpaired) electrons.